The number of fused-ring (bicyclic) bond motifs is 5. The molecule has 6 nitrogen and oxygen atoms in total. The van der Waals surface area contributed by atoms with E-state index in [1.165, 1.54) is 14.2 Å². The van der Waals surface area contributed by atoms with E-state index in [1.807, 2.05) is 12.1 Å². The lowest BCUT2D eigenvalue weighted by molar-refractivity contribution is -0.00171. The van der Waals surface area contributed by atoms with E-state index < -0.39 is 29.1 Å². The van der Waals surface area contributed by atoms with Gasteiger partial charge in [-0.15, -0.1) is 0 Å². The molecule has 0 amide bonds. The first-order valence-corrected chi connectivity index (χ1v) is 13.2. The fourth-order valence-corrected chi connectivity index (χ4v) is 6.49. The van der Waals surface area contributed by atoms with E-state index in [0.29, 0.717) is 44.9 Å². The van der Waals surface area contributed by atoms with Crippen molar-refractivity contribution in [1.82, 2.24) is 0 Å². The number of methoxy groups -OCH3 is 2. The van der Waals surface area contributed by atoms with Gasteiger partial charge in [0.2, 0.25) is 0 Å². The van der Waals surface area contributed by atoms with E-state index in [1.54, 1.807) is 84.9 Å². The highest BCUT2D eigenvalue weighted by Crippen LogP contribution is 2.61. The maximum absolute atomic E-state index is 14.4. The Kier molecular flexibility index (Phi) is 6.35. The summed E-state index contributed by atoms with van der Waals surface area (Å²) in [5, 5.41) is 12.5. The highest BCUT2D eigenvalue weighted by atomic mass is 16.5. The van der Waals surface area contributed by atoms with Crippen molar-refractivity contribution in [2.75, 3.05) is 14.2 Å². The summed E-state index contributed by atoms with van der Waals surface area (Å²) >= 11 is 0. The number of aliphatic hydroxyl groups is 1. The number of ether oxygens (including phenoxy) is 2. The molecule has 6 rings (SSSR count). The zero-order chi connectivity index (χ0) is 28.0. The van der Waals surface area contributed by atoms with Crippen molar-refractivity contribution in [2.24, 2.45) is 5.92 Å². The third kappa shape index (κ3) is 3.87. The lowest BCUT2D eigenvalue weighted by Gasteiger charge is -2.45. The molecule has 2 aliphatic rings. The molecule has 0 heterocycles. The van der Waals surface area contributed by atoms with Crippen LogP contribution in [-0.2, 0) is 5.60 Å². The van der Waals surface area contributed by atoms with Crippen LogP contribution in [0, 0.1) is 5.92 Å². The molecule has 40 heavy (non-hydrogen) atoms. The Hall–Kier alpha value is -4.55. The van der Waals surface area contributed by atoms with E-state index in [2.05, 4.69) is 0 Å². The van der Waals surface area contributed by atoms with Crippen LogP contribution < -0.4 is 9.47 Å². The van der Waals surface area contributed by atoms with Gasteiger partial charge in [0.15, 0.2) is 23.0 Å². The number of carbonyl (C=O) groups is 3. The average Bonchev–Trinajstić information content (AvgIpc) is 3.23. The molecule has 0 spiro atoms. The Balaban J connectivity index is 1.61. The summed E-state index contributed by atoms with van der Waals surface area (Å²) in [6.07, 6.45) is 0.0266. The lowest BCUT2D eigenvalue weighted by Crippen LogP contribution is -2.48. The van der Waals surface area contributed by atoms with Crippen LogP contribution >= 0.6 is 0 Å². The van der Waals surface area contributed by atoms with Crippen LogP contribution in [0.5, 0.6) is 11.5 Å². The Morgan fingerprint density at radius 2 is 1.35 bits per heavy atom. The fraction of sp³-hybridized carbons (Fsp3) is 0.206. The molecule has 6 heteroatoms. The van der Waals surface area contributed by atoms with Gasteiger partial charge in [0.05, 0.1) is 14.2 Å². The van der Waals surface area contributed by atoms with Crippen molar-refractivity contribution < 1.29 is 29.0 Å². The second-order valence-electron chi connectivity index (χ2n) is 10.3. The van der Waals surface area contributed by atoms with E-state index in [0.717, 1.165) is 0 Å². The van der Waals surface area contributed by atoms with E-state index in [9.17, 15) is 19.5 Å². The molecular weight excluding hydrogens is 504 g/mol. The predicted octanol–water partition coefficient (Wildman–Crippen LogP) is 5.74. The van der Waals surface area contributed by atoms with Crippen LogP contribution in [0.1, 0.15) is 66.0 Å². The highest BCUT2D eigenvalue weighted by Gasteiger charge is 2.63. The molecule has 4 aromatic carbocycles. The monoisotopic (exact) mass is 532 g/mol. The van der Waals surface area contributed by atoms with Gasteiger partial charge in [-0.25, -0.2) is 0 Å². The standard InChI is InChI=1S/C34H28O6/c1-39-22-14-16-25-27(17-22)33(37)34(38)28-18-23(40-2)13-15-24(28)26(19-29(35)20-9-5-3-6-10-20)30(31(25)34)32(36)21-11-7-4-8-12-21/h3-18,26,30-31,38H,19H2,1-2H3/t26-,30+,31-,34-/m1/s1. The smallest absolute Gasteiger partial charge is 0.200 e. The van der Waals surface area contributed by atoms with Gasteiger partial charge >= 0.3 is 0 Å². The summed E-state index contributed by atoms with van der Waals surface area (Å²) in [4.78, 5) is 42.1. The van der Waals surface area contributed by atoms with Crippen LogP contribution in [-0.4, -0.2) is 36.7 Å². The lowest BCUT2D eigenvalue weighted by atomic mass is 9.58. The fourth-order valence-electron chi connectivity index (χ4n) is 6.49. The van der Waals surface area contributed by atoms with Crippen molar-refractivity contribution >= 4 is 17.3 Å². The van der Waals surface area contributed by atoms with Crippen molar-refractivity contribution in [1.29, 1.82) is 0 Å². The van der Waals surface area contributed by atoms with Crippen molar-refractivity contribution in [3.05, 3.63) is 130 Å². The maximum Gasteiger partial charge on any atom is 0.200 e. The van der Waals surface area contributed by atoms with Gasteiger partial charge in [-0.1, -0.05) is 72.8 Å². The molecule has 0 saturated carbocycles. The van der Waals surface area contributed by atoms with Crippen LogP contribution in [0.2, 0.25) is 0 Å². The molecular formula is C34H28O6. The largest absolute Gasteiger partial charge is 0.497 e. The Morgan fingerprint density at radius 1 is 0.775 bits per heavy atom. The summed E-state index contributed by atoms with van der Waals surface area (Å²) in [5.74, 6) is -2.32. The summed E-state index contributed by atoms with van der Waals surface area (Å²) < 4.78 is 10.9. The minimum Gasteiger partial charge on any atom is -0.497 e. The molecule has 0 radical (unpaired) electrons. The van der Waals surface area contributed by atoms with Gasteiger partial charge in [-0.05, 0) is 41.0 Å². The second kappa shape index (κ2) is 9.88. The predicted molar refractivity (Wildman–Crippen MR) is 149 cm³/mol. The van der Waals surface area contributed by atoms with Gasteiger partial charge in [-0.2, -0.15) is 0 Å². The van der Waals surface area contributed by atoms with Crippen LogP contribution in [0.3, 0.4) is 0 Å². The number of Topliss-reactive ketones (excluding diaryl/α,β-unsaturated/α-hetero) is 3. The zero-order valence-corrected chi connectivity index (χ0v) is 22.2. The number of rotatable bonds is 7. The quantitative estimate of drug-likeness (QED) is 0.305. The average molecular weight is 533 g/mol. The minimum absolute atomic E-state index is 0.0266. The van der Waals surface area contributed by atoms with Gasteiger partial charge in [-0.3, -0.25) is 14.4 Å². The first-order valence-electron chi connectivity index (χ1n) is 13.2. The summed E-state index contributed by atoms with van der Waals surface area (Å²) in [5.41, 5.74) is 0.788. The van der Waals surface area contributed by atoms with E-state index in [-0.39, 0.29) is 18.0 Å². The van der Waals surface area contributed by atoms with Crippen molar-refractivity contribution in [2.45, 2.75) is 23.9 Å². The summed E-state index contributed by atoms with van der Waals surface area (Å²) in [7, 11) is 3.02. The summed E-state index contributed by atoms with van der Waals surface area (Å²) in [6, 6.07) is 28.1. The Morgan fingerprint density at radius 3 is 1.98 bits per heavy atom. The SMILES string of the molecule is COc1ccc2c(c1)C(=O)[C@@]1(O)c3cc(OC)ccc3[C@@H](CC(=O)c3ccccc3)[C@H](C(=O)c3ccccc3)[C@@H]21. The van der Waals surface area contributed by atoms with Crippen molar-refractivity contribution in [3.8, 4) is 11.5 Å². The van der Waals surface area contributed by atoms with Crippen LogP contribution in [0.15, 0.2) is 97.1 Å². The zero-order valence-electron chi connectivity index (χ0n) is 22.2. The van der Waals surface area contributed by atoms with Gasteiger partial charge in [0.1, 0.15) is 11.5 Å². The molecule has 0 aliphatic heterocycles. The number of hydrogen-bond donors (Lipinski definition) is 1. The second-order valence-corrected chi connectivity index (χ2v) is 10.3. The first kappa shape index (κ1) is 25.7. The van der Waals surface area contributed by atoms with Gasteiger partial charge < -0.3 is 14.6 Å². The van der Waals surface area contributed by atoms with Crippen molar-refractivity contribution in [3.63, 3.8) is 0 Å². The molecule has 0 aromatic heterocycles. The minimum atomic E-state index is -2.03. The van der Waals surface area contributed by atoms with Crippen LogP contribution in [0.25, 0.3) is 0 Å². The maximum atomic E-state index is 14.4. The number of ketones is 3. The third-order valence-corrected chi connectivity index (χ3v) is 8.36. The Bertz CT molecular complexity index is 1630. The third-order valence-electron chi connectivity index (χ3n) is 8.36. The first-order chi connectivity index (χ1) is 19.4. The summed E-state index contributed by atoms with van der Waals surface area (Å²) in [6.45, 7) is 0. The van der Waals surface area contributed by atoms with Crippen LogP contribution in [0.4, 0.5) is 0 Å². The molecule has 200 valence electrons. The number of benzene rings is 4. The van der Waals surface area contributed by atoms with Gasteiger partial charge in [0.25, 0.3) is 0 Å². The molecule has 0 unspecified atom stereocenters. The molecule has 2 aliphatic carbocycles. The molecule has 1 N–H and O–H groups in total. The van der Waals surface area contributed by atoms with E-state index in [4.69, 9.17) is 9.47 Å². The number of carbonyl (C=O) groups excluding carboxylic acids is 3. The van der Waals surface area contributed by atoms with Gasteiger partial charge in [0, 0.05) is 40.9 Å². The normalized spacial score (nSPS) is 22.6. The Labute approximate surface area is 232 Å². The molecule has 4 aromatic rings. The molecule has 4 atom stereocenters. The highest BCUT2D eigenvalue weighted by molar-refractivity contribution is 6.11. The molecule has 0 saturated heterocycles. The van der Waals surface area contributed by atoms with E-state index >= 15 is 0 Å². The number of hydrogen-bond acceptors (Lipinski definition) is 6. The molecule has 0 fully saturated rings. The topological polar surface area (TPSA) is 89.9 Å². The molecule has 0 bridgehead atoms.